The molecule has 0 saturated heterocycles. The lowest BCUT2D eigenvalue weighted by Crippen LogP contribution is -2.34. The number of azide groups is 1. The summed E-state index contributed by atoms with van der Waals surface area (Å²) >= 11 is 0. The first-order chi connectivity index (χ1) is 9.80. The van der Waals surface area contributed by atoms with Crippen LogP contribution in [0.3, 0.4) is 0 Å². The summed E-state index contributed by atoms with van der Waals surface area (Å²) in [5.41, 5.74) is 8.22. The summed E-state index contributed by atoms with van der Waals surface area (Å²) in [6.07, 6.45) is -1.35. The number of para-hydroxylation sites is 1. The van der Waals surface area contributed by atoms with Crippen molar-refractivity contribution in [3.05, 3.63) is 40.3 Å². The van der Waals surface area contributed by atoms with Crippen LogP contribution in [-0.4, -0.2) is 29.8 Å². The van der Waals surface area contributed by atoms with Crippen LogP contribution in [0.2, 0.25) is 0 Å². The van der Waals surface area contributed by atoms with Gasteiger partial charge in [0.2, 0.25) is 0 Å². The van der Waals surface area contributed by atoms with Gasteiger partial charge in [0, 0.05) is 10.5 Å². The van der Waals surface area contributed by atoms with Crippen LogP contribution in [0.15, 0.2) is 29.4 Å². The first kappa shape index (κ1) is 16.8. The number of benzene rings is 1. The third kappa shape index (κ3) is 4.66. The molecule has 0 aromatic heterocycles. The van der Waals surface area contributed by atoms with Gasteiger partial charge in [-0.15, -0.1) is 0 Å². The molecule has 0 spiro atoms. The Balaban J connectivity index is 3.10. The molecule has 0 fully saturated rings. The van der Waals surface area contributed by atoms with E-state index in [0.717, 1.165) is 0 Å². The number of hydrogen-bond acceptors (Lipinski definition) is 5. The largest absolute Gasteiger partial charge is 0.496 e. The predicted octanol–water partition coefficient (Wildman–Crippen LogP) is 2.75. The van der Waals surface area contributed by atoms with Crippen molar-refractivity contribution < 1.29 is 19.4 Å². The standard InChI is InChI=1S/C14H19N3O4/c1-14(2,3)21-13(19)11(16-17-15)12(18)9-7-5-6-8-10(9)20-4/h5-8,11-12,18H,1-4H3/t11-,12-/m1/s1. The minimum atomic E-state index is -1.38. The van der Waals surface area contributed by atoms with E-state index in [1.807, 2.05) is 0 Å². The zero-order valence-electron chi connectivity index (χ0n) is 12.5. The van der Waals surface area contributed by atoms with Gasteiger partial charge in [-0.25, -0.2) is 0 Å². The molecule has 1 aromatic rings. The summed E-state index contributed by atoms with van der Waals surface area (Å²) in [6, 6.07) is 5.26. The van der Waals surface area contributed by atoms with E-state index in [9.17, 15) is 9.90 Å². The SMILES string of the molecule is COc1ccccc1[C@@H](O)[C@@H](N=[N+]=[N-])C(=O)OC(C)(C)C. The van der Waals surface area contributed by atoms with Crippen molar-refractivity contribution in [1.29, 1.82) is 0 Å². The molecule has 0 unspecified atom stereocenters. The number of aliphatic hydroxyl groups is 1. The van der Waals surface area contributed by atoms with Crippen molar-refractivity contribution in [2.24, 2.45) is 5.11 Å². The van der Waals surface area contributed by atoms with Gasteiger partial charge in [0.1, 0.15) is 17.5 Å². The molecule has 0 saturated carbocycles. The molecule has 0 aliphatic rings. The summed E-state index contributed by atoms with van der Waals surface area (Å²) in [4.78, 5) is 14.7. The third-order valence-corrected chi connectivity index (χ3v) is 2.58. The number of methoxy groups -OCH3 is 1. The third-order valence-electron chi connectivity index (χ3n) is 2.58. The maximum absolute atomic E-state index is 12.1. The van der Waals surface area contributed by atoms with Gasteiger partial charge in [0.25, 0.3) is 0 Å². The van der Waals surface area contributed by atoms with Crippen LogP contribution in [0.4, 0.5) is 0 Å². The Morgan fingerprint density at radius 2 is 2.00 bits per heavy atom. The first-order valence-corrected chi connectivity index (χ1v) is 6.38. The smallest absolute Gasteiger partial charge is 0.318 e. The predicted molar refractivity (Wildman–Crippen MR) is 76.7 cm³/mol. The van der Waals surface area contributed by atoms with E-state index >= 15 is 0 Å². The van der Waals surface area contributed by atoms with Crippen molar-refractivity contribution in [3.63, 3.8) is 0 Å². The molecule has 1 N–H and O–H groups in total. The minimum absolute atomic E-state index is 0.350. The molecule has 2 atom stereocenters. The number of nitrogens with zero attached hydrogens (tertiary/aromatic N) is 3. The molecule has 7 heteroatoms. The van der Waals surface area contributed by atoms with Gasteiger partial charge in [-0.1, -0.05) is 23.3 Å². The summed E-state index contributed by atoms with van der Waals surface area (Å²) in [6.45, 7) is 5.06. The Morgan fingerprint density at radius 1 is 1.38 bits per heavy atom. The highest BCUT2D eigenvalue weighted by Crippen LogP contribution is 2.29. The van der Waals surface area contributed by atoms with E-state index in [-0.39, 0.29) is 0 Å². The van der Waals surface area contributed by atoms with Gasteiger partial charge in [0.15, 0.2) is 6.04 Å². The van der Waals surface area contributed by atoms with Crippen molar-refractivity contribution >= 4 is 5.97 Å². The number of ether oxygens (including phenoxy) is 2. The molecule has 0 amide bonds. The Labute approximate surface area is 123 Å². The number of rotatable bonds is 5. The fourth-order valence-corrected chi connectivity index (χ4v) is 1.74. The zero-order chi connectivity index (χ0) is 16.0. The number of carbonyl (C=O) groups is 1. The van der Waals surface area contributed by atoms with Gasteiger partial charge in [-0.3, -0.25) is 4.79 Å². The van der Waals surface area contributed by atoms with Crippen LogP contribution in [0, 0.1) is 0 Å². The topological polar surface area (TPSA) is 105 Å². The second-order valence-electron chi connectivity index (χ2n) is 5.37. The number of esters is 1. The first-order valence-electron chi connectivity index (χ1n) is 6.38. The van der Waals surface area contributed by atoms with Gasteiger partial charge in [0.05, 0.1) is 7.11 Å². The van der Waals surface area contributed by atoms with Crippen LogP contribution >= 0.6 is 0 Å². The number of aliphatic hydroxyl groups excluding tert-OH is 1. The summed E-state index contributed by atoms with van der Waals surface area (Å²) < 4.78 is 10.3. The normalized spacial score (nSPS) is 13.8. The highest BCUT2D eigenvalue weighted by atomic mass is 16.6. The van der Waals surface area contributed by atoms with E-state index < -0.39 is 23.7 Å². The fraction of sp³-hybridized carbons (Fsp3) is 0.500. The van der Waals surface area contributed by atoms with Crippen molar-refractivity contribution in [2.75, 3.05) is 7.11 Å². The number of carbonyl (C=O) groups excluding carboxylic acids is 1. The Kier molecular flexibility index (Phi) is 5.58. The second kappa shape index (κ2) is 6.97. The summed E-state index contributed by atoms with van der Waals surface area (Å²) in [5.74, 6) is -0.398. The van der Waals surface area contributed by atoms with Crippen LogP contribution in [0.25, 0.3) is 10.4 Å². The zero-order valence-corrected chi connectivity index (χ0v) is 12.5. The van der Waals surface area contributed by atoms with E-state index in [1.165, 1.54) is 7.11 Å². The van der Waals surface area contributed by atoms with Gasteiger partial charge >= 0.3 is 5.97 Å². The molecule has 21 heavy (non-hydrogen) atoms. The maximum Gasteiger partial charge on any atom is 0.318 e. The maximum atomic E-state index is 12.1. The summed E-state index contributed by atoms with van der Waals surface area (Å²) in [5, 5.41) is 13.7. The lowest BCUT2D eigenvalue weighted by Gasteiger charge is -2.25. The van der Waals surface area contributed by atoms with Crippen molar-refractivity contribution in [3.8, 4) is 5.75 Å². The highest BCUT2D eigenvalue weighted by Gasteiger charge is 2.32. The van der Waals surface area contributed by atoms with Crippen molar-refractivity contribution in [1.82, 2.24) is 0 Å². The van der Waals surface area contributed by atoms with Crippen LogP contribution in [0.5, 0.6) is 5.75 Å². The fourth-order valence-electron chi connectivity index (χ4n) is 1.74. The molecular weight excluding hydrogens is 274 g/mol. The molecule has 0 bridgehead atoms. The van der Waals surface area contributed by atoms with Crippen LogP contribution in [0.1, 0.15) is 32.4 Å². The molecular formula is C14H19N3O4. The summed E-state index contributed by atoms with van der Waals surface area (Å²) in [7, 11) is 1.45. The van der Waals surface area contributed by atoms with Crippen LogP contribution < -0.4 is 4.74 Å². The molecule has 0 aliphatic heterocycles. The van der Waals surface area contributed by atoms with Gasteiger partial charge < -0.3 is 14.6 Å². The van der Waals surface area contributed by atoms with Crippen LogP contribution in [-0.2, 0) is 9.53 Å². The molecule has 1 aromatic carbocycles. The average Bonchev–Trinajstić information content (AvgIpc) is 2.42. The molecule has 7 nitrogen and oxygen atoms in total. The van der Waals surface area contributed by atoms with E-state index in [0.29, 0.717) is 11.3 Å². The molecule has 1 rings (SSSR count). The average molecular weight is 293 g/mol. The molecule has 114 valence electrons. The van der Waals surface area contributed by atoms with E-state index in [2.05, 4.69) is 10.0 Å². The van der Waals surface area contributed by atoms with Gasteiger partial charge in [-0.2, -0.15) is 0 Å². The quantitative estimate of drug-likeness (QED) is 0.390. The van der Waals surface area contributed by atoms with E-state index in [1.54, 1.807) is 45.0 Å². The van der Waals surface area contributed by atoms with Crippen molar-refractivity contribution in [2.45, 2.75) is 38.5 Å². The Bertz CT molecular complexity index is 547. The highest BCUT2D eigenvalue weighted by molar-refractivity contribution is 5.77. The molecule has 0 heterocycles. The monoisotopic (exact) mass is 293 g/mol. The van der Waals surface area contributed by atoms with E-state index in [4.69, 9.17) is 15.0 Å². The number of hydrogen-bond donors (Lipinski definition) is 1. The molecule has 0 aliphatic carbocycles. The lowest BCUT2D eigenvalue weighted by molar-refractivity contribution is -0.159. The molecule has 0 radical (unpaired) electrons. The van der Waals surface area contributed by atoms with Gasteiger partial charge in [-0.05, 0) is 32.4 Å². The lowest BCUT2D eigenvalue weighted by atomic mass is 10.0. The second-order valence-corrected chi connectivity index (χ2v) is 5.37. The minimum Gasteiger partial charge on any atom is -0.496 e. The Morgan fingerprint density at radius 3 is 2.52 bits per heavy atom. The Hall–Kier alpha value is -2.24.